The van der Waals surface area contributed by atoms with Crippen LogP contribution in [0.5, 0.6) is 0 Å². The number of benzene rings is 1. The number of hydrogen-bond donors (Lipinski definition) is 2. The number of carbonyl (C=O) groups excluding carboxylic acids is 2. The van der Waals surface area contributed by atoms with Gasteiger partial charge in [0.15, 0.2) is 5.82 Å². The van der Waals surface area contributed by atoms with Gasteiger partial charge in [-0.3, -0.25) is 19.5 Å². The van der Waals surface area contributed by atoms with Crippen molar-refractivity contribution in [2.45, 2.75) is 151 Å². The van der Waals surface area contributed by atoms with E-state index >= 15 is 4.79 Å². The molecule has 6 saturated carbocycles. The molecule has 1 saturated heterocycles. The fourth-order valence-corrected chi connectivity index (χ4v) is 16.4. The Morgan fingerprint density at radius 3 is 2.27 bits per heavy atom. The number of aromatic nitrogens is 3. The SMILES string of the molecule is C=C(C)C1CC[C@]2(C(=O)N3CCC[C@H]3c3nc(-c4ccccc4)n[nH]3)CC[C@]3(C)[C@H](CC[C@@H]4[C@@]5(C)CC[C@H](OC(=O)[C@H]6C[C@@H](C(=O)O)C6(C)C)C(C)(C)[C@@H]5CC[C@]43C)[C@@H]12. The molecule has 2 N–H and O–H groups in total. The van der Waals surface area contributed by atoms with Crippen molar-refractivity contribution in [2.24, 2.45) is 73.9 Å². The number of hydrogen-bond acceptors (Lipinski definition) is 6. The lowest BCUT2D eigenvalue weighted by Crippen LogP contribution is -2.67. The summed E-state index contributed by atoms with van der Waals surface area (Å²) in [4.78, 5) is 48.2. The van der Waals surface area contributed by atoms with Crippen LogP contribution in [0, 0.1) is 73.9 Å². The Morgan fingerprint density at radius 1 is 0.831 bits per heavy atom. The molecule has 13 atom stereocenters. The summed E-state index contributed by atoms with van der Waals surface area (Å²) in [6.45, 7) is 24.0. The standard InChI is InChI=1S/C50H70N4O5/c1-29(2)31-19-24-50(44(58)54-27-13-16-35(54)41-51-40(52-53-41)30-14-11-10-12-15-30)26-25-48(8)32(39(31)50)17-18-37-47(7)22-21-38(46(5,6)36(47)20-23-49(37,48)9)59-43(57)34-28-33(42(55)56)45(34,3)4/h10-12,14-15,31-39H,1,13,16-28H2,2-9H3,(H,55,56)(H,51,52,53)/t31?,32-,33+,34-,35+,36+,37-,38+,39-,47+,48-,49-,50+/m1/s1. The zero-order chi connectivity index (χ0) is 42.1. The van der Waals surface area contributed by atoms with Crippen molar-refractivity contribution in [3.8, 4) is 11.4 Å². The van der Waals surface area contributed by atoms with Crippen molar-refractivity contribution in [2.75, 3.05) is 6.54 Å². The monoisotopic (exact) mass is 807 g/mol. The Morgan fingerprint density at radius 2 is 1.58 bits per heavy atom. The van der Waals surface area contributed by atoms with Gasteiger partial charge in [-0.2, -0.15) is 5.10 Å². The van der Waals surface area contributed by atoms with E-state index in [9.17, 15) is 14.7 Å². The average Bonchev–Trinajstić information content (AvgIpc) is 3.95. The summed E-state index contributed by atoms with van der Waals surface area (Å²) < 4.78 is 6.46. The number of rotatable bonds is 7. The first-order valence-electron chi connectivity index (χ1n) is 23.2. The maximum absolute atomic E-state index is 15.5. The number of allylic oxidation sites excluding steroid dienone is 1. The normalized spacial score (nSPS) is 43.0. The Bertz CT molecular complexity index is 2020. The minimum atomic E-state index is -0.819. The van der Waals surface area contributed by atoms with Crippen LogP contribution in [-0.4, -0.2) is 55.7 Å². The fraction of sp³-hybridized carbons (Fsp3) is 0.740. The van der Waals surface area contributed by atoms with E-state index in [1.54, 1.807) is 0 Å². The first-order valence-corrected chi connectivity index (χ1v) is 23.2. The van der Waals surface area contributed by atoms with E-state index in [1.165, 1.54) is 12.0 Å². The number of nitrogens with zero attached hydrogens (tertiary/aromatic N) is 3. The Kier molecular flexibility index (Phi) is 9.54. The highest BCUT2D eigenvalue weighted by Crippen LogP contribution is 2.78. The van der Waals surface area contributed by atoms with Gasteiger partial charge in [0.25, 0.3) is 0 Å². The van der Waals surface area contributed by atoms with Gasteiger partial charge in [-0.1, -0.05) is 91.0 Å². The molecule has 1 aromatic carbocycles. The van der Waals surface area contributed by atoms with E-state index in [0.29, 0.717) is 41.8 Å². The van der Waals surface area contributed by atoms with E-state index < -0.39 is 17.3 Å². The number of carboxylic acids is 1. The highest BCUT2D eigenvalue weighted by molar-refractivity contribution is 5.85. The minimum Gasteiger partial charge on any atom is -0.481 e. The largest absolute Gasteiger partial charge is 0.481 e. The highest BCUT2D eigenvalue weighted by Gasteiger charge is 2.72. The molecule has 1 unspecified atom stereocenters. The zero-order valence-electron chi connectivity index (χ0n) is 37.1. The first-order chi connectivity index (χ1) is 27.8. The molecule has 59 heavy (non-hydrogen) atoms. The molecule has 0 radical (unpaired) electrons. The quantitative estimate of drug-likeness (QED) is 0.211. The number of aromatic amines is 1. The number of carbonyl (C=O) groups is 3. The van der Waals surface area contributed by atoms with E-state index in [-0.39, 0.29) is 57.0 Å². The predicted molar refractivity (Wildman–Crippen MR) is 227 cm³/mol. The van der Waals surface area contributed by atoms with E-state index in [2.05, 4.69) is 63.2 Å². The molecular weight excluding hydrogens is 737 g/mol. The number of nitrogens with one attached hydrogen (secondary N) is 1. The second-order valence-electron chi connectivity index (χ2n) is 22.7. The summed E-state index contributed by atoms with van der Waals surface area (Å²) in [5.41, 5.74) is 1.40. The number of carboxylic acid groups (broad SMARTS) is 1. The lowest BCUT2D eigenvalue weighted by Gasteiger charge is -2.73. The Balaban J connectivity index is 0.968. The third kappa shape index (κ3) is 5.69. The van der Waals surface area contributed by atoms with Gasteiger partial charge in [0.05, 0.1) is 23.3 Å². The summed E-state index contributed by atoms with van der Waals surface area (Å²) in [6, 6.07) is 10.0. The first kappa shape index (κ1) is 40.9. The molecule has 6 aliphatic carbocycles. The molecular formula is C50H70N4O5. The Labute approximate surface area is 352 Å². The predicted octanol–water partition coefficient (Wildman–Crippen LogP) is 10.5. The number of esters is 1. The second kappa shape index (κ2) is 13.8. The topological polar surface area (TPSA) is 125 Å². The number of H-pyrrole nitrogens is 1. The molecule has 0 spiro atoms. The average molecular weight is 807 g/mol. The van der Waals surface area contributed by atoms with E-state index in [1.807, 2.05) is 44.2 Å². The van der Waals surface area contributed by atoms with Crippen LogP contribution >= 0.6 is 0 Å². The van der Waals surface area contributed by atoms with Crippen LogP contribution < -0.4 is 0 Å². The molecule has 9 nitrogen and oxygen atoms in total. The van der Waals surface area contributed by atoms with Gasteiger partial charge in [-0.15, -0.1) is 0 Å². The van der Waals surface area contributed by atoms with Gasteiger partial charge in [-0.05, 0) is 142 Å². The van der Waals surface area contributed by atoms with Gasteiger partial charge >= 0.3 is 11.9 Å². The molecule has 1 aromatic heterocycles. The highest BCUT2D eigenvalue weighted by atomic mass is 16.5. The van der Waals surface area contributed by atoms with Crippen LogP contribution in [0.25, 0.3) is 11.4 Å². The lowest BCUT2D eigenvalue weighted by atomic mass is 9.32. The number of likely N-dealkylation sites (tertiary alicyclic amines) is 1. The van der Waals surface area contributed by atoms with Crippen molar-refractivity contribution in [1.29, 1.82) is 0 Å². The van der Waals surface area contributed by atoms with Crippen LogP contribution in [0.15, 0.2) is 42.5 Å². The third-order valence-electron chi connectivity index (χ3n) is 19.9. The van der Waals surface area contributed by atoms with Gasteiger partial charge in [0, 0.05) is 17.5 Å². The summed E-state index contributed by atoms with van der Waals surface area (Å²) in [5, 5.41) is 17.6. The Hall–Kier alpha value is -3.49. The molecule has 1 amide bonds. The van der Waals surface area contributed by atoms with Crippen molar-refractivity contribution in [1.82, 2.24) is 20.1 Å². The van der Waals surface area contributed by atoms with Crippen molar-refractivity contribution >= 4 is 17.8 Å². The van der Waals surface area contributed by atoms with Crippen LogP contribution in [0.1, 0.15) is 151 Å². The zero-order valence-corrected chi connectivity index (χ0v) is 37.1. The van der Waals surface area contributed by atoms with Gasteiger partial charge in [0.2, 0.25) is 5.91 Å². The fourth-order valence-electron chi connectivity index (χ4n) is 16.4. The molecule has 320 valence electrons. The summed E-state index contributed by atoms with van der Waals surface area (Å²) in [7, 11) is 0. The van der Waals surface area contributed by atoms with Crippen LogP contribution in [0.2, 0.25) is 0 Å². The number of fused-ring (bicyclic) bond motifs is 7. The van der Waals surface area contributed by atoms with Crippen LogP contribution in [0.3, 0.4) is 0 Å². The molecule has 1 aliphatic heterocycles. The van der Waals surface area contributed by atoms with Gasteiger partial charge in [-0.25, -0.2) is 4.98 Å². The smallest absolute Gasteiger partial charge is 0.309 e. The molecule has 7 aliphatic rings. The second-order valence-corrected chi connectivity index (χ2v) is 22.7. The van der Waals surface area contributed by atoms with Crippen molar-refractivity contribution < 1.29 is 24.2 Å². The van der Waals surface area contributed by atoms with Gasteiger partial charge < -0.3 is 14.7 Å². The summed E-state index contributed by atoms with van der Waals surface area (Å²) in [5.74, 6) is 2.02. The van der Waals surface area contributed by atoms with Crippen molar-refractivity contribution in [3.63, 3.8) is 0 Å². The minimum absolute atomic E-state index is 0.0808. The molecule has 9 rings (SSSR count). The molecule has 2 heterocycles. The maximum atomic E-state index is 15.5. The van der Waals surface area contributed by atoms with E-state index in [4.69, 9.17) is 9.72 Å². The number of amides is 1. The molecule has 2 aromatic rings. The third-order valence-corrected chi connectivity index (χ3v) is 19.9. The molecule has 0 bridgehead atoms. The van der Waals surface area contributed by atoms with Crippen LogP contribution in [-0.2, 0) is 19.1 Å². The molecule has 7 fully saturated rings. The van der Waals surface area contributed by atoms with E-state index in [0.717, 1.165) is 88.6 Å². The number of aliphatic carboxylic acids is 1. The molecule has 9 heteroatoms. The van der Waals surface area contributed by atoms with Gasteiger partial charge in [0.1, 0.15) is 11.9 Å². The lowest BCUT2D eigenvalue weighted by molar-refractivity contribution is -0.251. The maximum Gasteiger partial charge on any atom is 0.309 e. The summed E-state index contributed by atoms with van der Waals surface area (Å²) >= 11 is 0. The van der Waals surface area contributed by atoms with Crippen LogP contribution in [0.4, 0.5) is 0 Å². The van der Waals surface area contributed by atoms with Crippen molar-refractivity contribution in [3.05, 3.63) is 48.3 Å². The number of ether oxygens (including phenoxy) is 1. The summed E-state index contributed by atoms with van der Waals surface area (Å²) in [6.07, 6.45) is 12.5.